The van der Waals surface area contributed by atoms with Crippen molar-refractivity contribution in [2.45, 2.75) is 6.04 Å². The standard InChI is InChI=1S/C10H13ClN2O/c11-8-2-1-7(5-9(8)12)10-6-14-4-3-13-10/h1-2,5,10,13H,3-4,6,12H2/t10-/m0/s1. The van der Waals surface area contributed by atoms with Gasteiger partial charge in [-0.3, -0.25) is 0 Å². The molecule has 1 aliphatic rings. The third-order valence-corrected chi connectivity index (χ3v) is 2.69. The topological polar surface area (TPSA) is 47.3 Å². The molecular weight excluding hydrogens is 200 g/mol. The molecule has 1 saturated heterocycles. The molecule has 1 aromatic carbocycles. The van der Waals surface area contributed by atoms with E-state index >= 15 is 0 Å². The molecule has 14 heavy (non-hydrogen) atoms. The Morgan fingerprint density at radius 3 is 3.00 bits per heavy atom. The molecule has 0 saturated carbocycles. The van der Waals surface area contributed by atoms with Crippen LogP contribution in [0.4, 0.5) is 5.69 Å². The molecule has 76 valence electrons. The van der Waals surface area contributed by atoms with Crippen LogP contribution in [-0.2, 0) is 4.74 Å². The highest BCUT2D eigenvalue weighted by atomic mass is 35.5. The highest BCUT2D eigenvalue weighted by molar-refractivity contribution is 6.33. The second-order valence-electron chi connectivity index (χ2n) is 3.36. The lowest BCUT2D eigenvalue weighted by Gasteiger charge is -2.24. The number of rotatable bonds is 1. The quantitative estimate of drug-likeness (QED) is 0.695. The van der Waals surface area contributed by atoms with E-state index in [1.54, 1.807) is 0 Å². The molecule has 0 spiro atoms. The van der Waals surface area contributed by atoms with Crippen LogP contribution in [0.1, 0.15) is 11.6 Å². The Kier molecular flexibility index (Phi) is 2.91. The zero-order valence-corrected chi connectivity index (χ0v) is 8.55. The van der Waals surface area contributed by atoms with Crippen molar-refractivity contribution in [3.8, 4) is 0 Å². The zero-order valence-electron chi connectivity index (χ0n) is 7.79. The molecule has 1 atom stereocenters. The normalized spacial score (nSPS) is 22.2. The summed E-state index contributed by atoms with van der Waals surface area (Å²) >= 11 is 5.84. The van der Waals surface area contributed by atoms with Crippen molar-refractivity contribution in [2.75, 3.05) is 25.5 Å². The van der Waals surface area contributed by atoms with Gasteiger partial charge in [0.1, 0.15) is 0 Å². The van der Waals surface area contributed by atoms with Crippen molar-refractivity contribution in [1.82, 2.24) is 5.32 Å². The summed E-state index contributed by atoms with van der Waals surface area (Å²) in [5, 5.41) is 3.96. The van der Waals surface area contributed by atoms with Crippen LogP contribution in [0.15, 0.2) is 18.2 Å². The van der Waals surface area contributed by atoms with E-state index in [-0.39, 0.29) is 6.04 Å². The molecule has 0 aromatic heterocycles. The summed E-state index contributed by atoms with van der Waals surface area (Å²) in [4.78, 5) is 0. The van der Waals surface area contributed by atoms with Gasteiger partial charge in [-0.2, -0.15) is 0 Å². The Bertz CT molecular complexity index is 324. The number of hydrogen-bond acceptors (Lipinski definition) is 3. The van der Waals surface area contributed by atoms with Gasteiger partial charge in [0.15, 0.2) is 0 Å². The maximum atomic E-state index is 5.84. The minimum atomic E-state index is 0.239. The van der Waals surface area contributed by atoms with Crippen molar-refractivity contribution in [2.24, 2.45) is 0 Å². The fourth-order valence-electron chi connectivity index (χ4n) is 1.56. The van der Waals surface area contributed by atoms with Crippen LogP contribution in [-0.4, -0.2) is 19.8 Å². The van der Waals surface area contributed by atoms with Crippen LogP contribution in [0, 0.1) is 0 Å². The summed E-state index contributed by atoms with van der Waals surface area (Å²) in [5.41, 5.74) is 7.48. The van der Waals surface area contributed by atoms with Crippen LogP contribution in [0.25, 0.3) is 0 Å². The van der Waals surface area contributed by atoms with Crippen LogP contribution >= 0.6 is 11.6 Å². The Labute approximate surface area is 88.2 Å². The first-order valence-electron chi connectivity index (χ1n) is 4.63. The number of ether oxygens (including phenoxy) is 1. The maximum absolute atomic E-state index is 5.84. The SMILES string of the molecule is Nc1cc([C@@H]2COCCN2)ccc1Cl. The van der Waals surface area contributed by atoms with Crippen molar-refractivity contribution < 1.29 is 4.74 Å². The van der Waals surface area contributed by atoms with Crippen molar-refractivity contribution in [3.63, 3.8) is 0 Å². The number of nitrogens with two attached hydrogens (primary N) is 1. The monoisotopic (exact) mass is 212 g/mol. The van der Waals surface area contributed by atoms with Crippen LogP contribution in [0.3, 0.4) is 0 Å². The number of halogens is 1. The van der Waals surface area contributed by atoms with Crippen molar-refractivity contribution in [3.05, 3.63) is 28.8 Å². The largest absolute Gasteiger partial charge is 0.398 e. The molecule has 1 aromatic rings. The molecule has 0 amide bonds. The molecule has 2 rings (SSSR count). The minimum Gasteiger partial charge on any atom is -0.398 e. The smallest absolute Gasteiger partial charge is 0.0662 e. The maximum Gasteiger partial charge on any atom is 0.0662 e. The molecule has 0 bridgehead atoms. The molecule has 0 radical (unpaired) electrons. The average molecular weight is 213 g/mol. The molecule has 0 aliphatic carbocycles. The second-order valence-corrected chi connectivity index (χ2v) is 3.77. The molecule has 3 nitrogen and oxygen atoms in total. The molecule has 1 aliphatic heterocycles. The summed E-state index contributed by atoms with van der Waals surface area (Å²) in [5.74, 6) is 0. The van der Waals surface area contributed by atoms with Crippen molar-refractivity contribution >= 4 is 17.3 Å². The van der Waals surface area contributed by atoms with E-state index in [4.69, 9.17) is 22.1 Å². The first kappa shape index (κ1) is 9.77. The number of nitrogens with one attached hydrogen (secondary N) is 1. The summed E-state index contributed by atoms with van der Waals surface area (Å²) in [6.07, 6.45) is 0. The number of anilines is 1. The van der Waals surface area contributed by atoms with Gasteiger partial charge >= 0.3 is 0 Å². The average Bonchev–Trinajstić information content (AvgIpc) is 2.23. The number of hydrogen-bond donors (Lipinski definition) is 2. The Hall–Kier alpha value is -0.770. The number of benzene rings is 1. The van der Waals surface area contributed by atoms with Crippen LogP contribution in [0.2, 0.25) is 5.02 Å². The first-order chi connectivity index (χ1) is 6.77. The molecular formula is C10H13ClN2O. The second kappa shape index (κ2) is 4.17. The predicted molar refractivity (Wildman–Crippen MR) is 57.4 cm³/mol. The van der Waals surface area contributed by atoms with Crippen LogP contribution in [0.5, 0.6) is 0 Å². The van der Waals surface area contributed by atoms with Gasteiger partial charge in [-0.15, -0.1) is 0 Å². The van der Waals surface area contributed by atoms with Crippen molar-refractivity contribution in [1.29, 1.82) is 0 Å². The van der Waals surface area contributed by atoms with Gasteiger partial charge in [-0.05, 0) is 17.7 Å². The zero-order chi connectivity index (χ0) is 9.97. The van der Waals surface area contributed by atoms with E-state index in [2.05, 4.69) is 5.32 Å². The van der Waals surface area contributed by atoms with Gasteiger partial charge in [0.2, 0.25) is 0 Å². The molecule has 1 fully saturated rings. The third kappa shape index (κ3) is 2.00. The third-order valence-electron chi connectivity index (χ3n) is 2.34. The van der Waals surface area contributed by atoms with E-state index in [9.17, 15) is 0 Å². The number of nitrogen functional groups attached to an aromatic ring is 1. The summed E-state index contributed by atoms with van der Waals surface area (Å²) in [7, 11) is 0. The van der Waals surface area contributed by atoms with Gasteiger partial charge in [-0.25, -0.2) is 0 Å². The molecule has 0 unspecified atom stereocenters. The van der Waals surface area contributed by atoms with Gasteiger partial charge in [0, 0.05) is 6.54 Å². The lowest BCUT2D eigenvalue weighted by atomic mass is 10.1. The van der Waals surface area contributed by atoms with E-state index in [0.717, 1.165) is 18.7 Å². The molecule has 3 N–H and O–H groups in total. The molecule has 4 heteroatoms. The summed E-state index contributed by atoms with van der Waals surface area (Å²) < 4.78 is 5.37. The fourth-order valence-corrected chi connectivity index (χ4v) is 1.68. The summed E-state index contributed by atoms with van der Waals surface area (Å²) in [6.45, 7) is 2.36. The Morgan fingerprint density at radius 2 is 2.36 bits per heavy atom. The highest BCUT2D eigenvalue weighted by Gasteiger charge is 2.15. The summed E-state index contributed by atoms with van der Waals surface area (Å²) in [6, 6.07) is 5.94. The highest BCUT2D eigenvalue weighted by Crippen LogP contribution is 2.24. The van der Waals surface area contributed by atoms with E-state index in [1.807, 2.05) is 18.2 Å². The lowest BCUT2D eigenvalue weighted by molar-refractivity contribution is 0.0769. The first-order valence-corrected chi connectivity index (χ1v) is 5.01. The van der Waals surface area contributed by atoms with E-state index in [0.29, 0.717) is 17.3 Å². The van der Waals surface area contributed by atoms with E-state index in [1.165, 1.54) is 0 Å². The Balaban J connectivity index is 2.18. The Morgan fingerprint density at radius 1 is 1.50 bits per heavy atom. The van der Waals surface area contributed by atoms with Crippen LogP contribution < -0.4 is 11.1 Å². The van der Waals surface area contributed by atoms with E-state index < -0.39 is 0 Å². The van der Waals surface area contributed by atoms with Gasteiger partial charge in [0.05, 0.1) is 30.0 Å². The predicted octanol–water partition coefficient (Wildman–Crippen LogP) is 1.58. The molecule has 1 heterocycles. The van der Waals surface area contributed by atoms with Gasteiger partial charge in [0.25, 0.3) is 0 Å². The fraction of sp³-hybridized carbons (Fsp3) is 0.400. The van der Waals surface area contributed by atoms with Gasteiger partial charge in [-0.1, -0.05) is 17.7 Å². The lowest BCUT2D eigenvalue weighted by Crippen LogP contribution is -2.34. The van der Waals surface area contributed by atoms with Gasteiger partial charge < -0.3 is 15.8 Å². The minimum absolute atomic E-state index is 0.239. The number of morpholine rings is 1.